The summed E-state index contributed by atoms with van der Waals surface area (Å²) >= 11 is 0. The molecule has 0 saturated carbocycles. The first kappa shape index (κ1) is 7.96. The highest BCUT2D eigenvalue weighted by Crippen LogP contribution is 1.99. The lowest BCUT2D eigenvalue weighted by molar-refractivity contribution is 0.0831. The van der Waals surface area contributed by atoms with Crippen molar-refractivity contribution in [1.29, 1.82) is 0 Å². The Morgan fingerprint density at radius 1 is 1.50 bits per heavy atom. The van der Waals surface area contributed by atoms with Gasteiger partial charge < -0.3 is 4.74 Å². The SMILES string of the molecule is C[CH]C(CC)OCC. The Morgan fingerprint density at radius 2 is 2.12 bits per heavy atom. The Kier molecular flexibility index (Phi) is 5.08. The van der Waals surface area contributed by atoms with Crippen LogP contribution in [0.5, 0.6) is 0 Å². The zero-order valence-corrected chi connectivity index (χ0v) is 5.98. The van der Waals surface area contributed by atoms with Gasteiger partial charge in [0.15, 0.2) is 0 Å². The molecule has 0 aromatic heterocycles. The first-order valence-corrected chi connectivity index (χ1v) is 3.26. The maximum atomic E-state index is 5.28. The van der Waals surface area contributed by atoms with Gasteiger partial charge in [-0.15, -0.1) is 0 Å². The van der Waals surface area contributed by atoms with Gasteiger partial charge in [0.2, 0.25) is 0 Å². The van der Waals surface area contributed by atoms with Crippen molar-refractivity contribution in [2.45, 2.75) is 33.3 Å². The van der Waals surface area contributed by atoms with E-state index in [0.29, 0.717) is 6.10 Å². The van der Waals surface area contributed by atoms with Crippen molar-refractivity contribution in [1.82, 2.24) is 0 Å². The Morgan fingerprint density at radius 3 is 2.25 bits per heavy atom. The van der Waals surface area contributed by atoms with Crippen LogP contribution < -0.4 is 0 Å². The van der Waals surface area contributed by atoms with Gasteiger partial charge in [-0.3, -0.25) is 0 Å². The average molecular weight is 115 g/mol. The molecule has 0 rings (SSSR count). The molecule has 0 bridgehead atoms. The fraction of sp³-hybridized carbons (Fsp3) is 0.857. The van der Waals surface area contributed by atoms with Gasteiger partial charge in [0, 0.05) is 6.61 Å². The van der Waals surface area contributed by atoms with Crippen LogP contribution in [0.1, 0.15) is 27.2 Å². The van der Waals surface area contributed by atoms with Crippen molar-refractivity contribution in [3.63, 3.8) is 0 Å². The molecule has 1 heteroatoms. The monoisotopic (exact) mass is 115 g/mol. The van der Waals surface area contributed by atoms with Crippen LogP contribution in [-0.4, -0.2) is 12.7 Å². The minimum absolute atomic E-state index is 0.375. The highest BCUT2D eigenvalue weighted by molar-refractivity contribution is 4.68. The fourth-order valence-electron chi connectivity index (χ4n) is 0.664. The van der Waals surface area contributed by atoms with Crippen molar-refractivity contribution < 1.29 is 4.74 Å². The molecule has 0 aromatic carbocycles. The van der Waals surface area contributed by atoms with Crippen LogP contribution in [-0.2, 0) is 4.74 Å². The lowest BCUT2D eigenvalue weighted by Crippen LogP contribution is -2.09. The molecule has 0 fully saturated rings. The third-order valence-corrected chi connectivity index (χ3v) is 1.15. The molecule has 49 valence electrons. The molecule has 0 aliphatic carbocycles. The lowest BCUT2D eigenvalue weighted by atomic mass is 10.2. The summed E-state index contributed by atoms with van der Waals surface area (Å²) in [5.41, 5.74) is 0. The number of hydrogen-bond acceptors (Lipinski definition) is 1. The minimum Gasteiger partial charge on any atom is -0.378 e. The van der Waals surface area contributed by atoms with Crippen LogP contribution in [0.3, 0.4) is 0 Å². The van der Waals surface area contributed by atoms with Gasteiger partial charge in [0.1, 0.15) is 0 Å². The molecular weight excluding hydrogens is 100 g/mol. The Hall–Kier alpha value is -0.0400. The molecule has 8 heavy (non-hydrogen) atoms. The van der Waals surface area contributed by atoms with E-state index < -0.39 is 0 Å². The molecule has 1 nitrogen and oxygen atoms in total. The van der Waals surface area contributed by atoms with Crippen LogP contribution >= 0.6 is 0 Å². The standard InChI is InChI=1S/C7H15O/c1-4-7(5-2)8-6-3/h4,7H,5-6H2,1-3H3. The van der Waals surface area contributed by atoms with Crippen molar-refractivity contribution >= 4 is 0 Å². The van der Waals surface area contributed by atoms with Crippen LogP contribution in [0.15, 0.2) is 0 Å². The molecule has 0 spiro atoms. The summed E-state index contributed by atoms with van der Waals surface area (Å²) in [6.45, 7) is 7.00. The molecule has 0 aliphatic rings. The molecular formula is C7H15O. The number of rotatable bonds is 4. The number of hydrogen-bond donors (Lipinski definition) is 0. The highest BCUT2D eigenvalue weighted by Gasteiger charge is 1.99. The predicted octanol–water partition coefficient (Wildman–Crippen LogP) is 2.03. The quantitative estimate of drug-likeness (QED) is 0.544. The molecule has 0 aromatic rings. The summed E-state index contributed by atoms with van der Waals surface area (Å²) in [7, 11) is 0. The zero-order valence-electron chi connectivity index (χ0n) is 5.98. The van der Waals surface area contributed by atoms with E-state index in [1.807, 2.05) is 13.8 Å². The first-order valence-electron chi connectivity index (χ1n) is 3.26. The fourth-order valence-corrected chi connectivity index (χ4v) is 0.664. The van der Waals surface area contributed by atoms with Gasteiger partial charge >= 0.3 is 0 Å². The van der Waals surface area contributed by atoms with E-state index in [2.05, 4.69) is 13.3 Å². The second kappa shape index (κ2) is 5.10. The van der Waals surface area contributed by atoms with Crippen LogP contribution in [0, 0.1) is 6.42 Å². The molecule has 1 atom stereocenters. The van der Waals surface area contributed by atoms with Crippen molar-refractivity contribution in [3.05, 3.63) is 6.42 Å². The van der Waals surface area contributed by atoms with Gasteiger partial charge in [-0.2, -0.15) is 0 Å². The molecule has 0 heterocycles. The van der Waals surface area contributed by atoms with Gasteiger partial charge in [-0.25, -0.2) is 0 Å². The minimum atomic E-state index is 0.375. The maximum absolute atomic E-state index is 5.28. The summed E-state index contributed by atoms with van der Waals surface area (Å²) in [4.78, 5) is 0. The third kappa shape index (κ3) is 3.03. The van der Waals surface area contributed by atoms with E-state index in [-0.39, 0.29) is 0 Å². The largest absolute Gasteiger partial charge is 0.378 e. The lowest BCUT2D eigenvalue weighted by Gasteiger charge is -2.10. The molecule has 1 unspecified atom stereocenters. The van der Waals surface area contributed by atoms with Crippen molar-refractivity contribution in [2.24, 2.45) is 0 Å². The number of ether oxygens (including phenoxy) is 1. The Bertz CT molecular complexity index is 39.7. The summed E-state index contributed by atoms with van der Waals surface area (Å²) < 4.78 is 5.28. The molecule has 1 radical (unpaired) electrons. The van der Waals surface area contributed by atoms with Crippen molar-refractivity contribution in [3.8, 4) is 0 Å². The first-order chi connectivity index (χ1) is 3.85. The van der Waals surface area contributed by atoms with Gasteiger partial charge in [-0.1, -0.05) is 13.8 Å². The second-order valence-corrected chi connectivity index (χ2v) is 1.74. The highest BCUT2D eigenvalue weighted by atomic mass is 16.5. The summed E-state index contributed by atoms with van der Waals surface area (Å²) in [6, 6.07) is 0. The Balaban J connectivity index is 3.07. The third-order valence-electron chi connectivity index (χ3n) is 1.15. The molecule has 0 aliphatic heterocycles. The molecule has 0 N–H and O–H groups in total. The Labute approximate surface area is 52.0 Å². The summed E-state index contributed by atoms with van der Waals surface area (Å²) in [6.07, 6.45) is 3.55. The summed E-state index contributed by atoms with van der Waals surface area (Å²) in [5.74, 6) is 0. The maximum Gasteiger partial charge on any atom is 0.0601 e. The molecule has 0 saturated heterocycles. The van der Waals surface area contributed by atoms with E-state index in [0.717, 1.165) is 13.0 Å². The van der Waals surface area contributed by atoms with Crippen LogP contribution in [0.4, 0.5) is 0 Å². The van der Waals surface area contributed by atoms with Crippen LogP contribution in [0.25, 0.3) is 0 Å². The summed E-state index contributed by atoms with van der Waals surface area (Å²) in [5, 5.41) is 0. The van der Waals surface area contributed by atoms with Crippen LogP contribution in [0.2, 0.25) is 0 Å². The normalized spacial score (nSPS) is 10.5. The molecule has 0 amide bonds. The van der Waals surface area contributed by atoms with Crippen molar-refractivity contribution in [2.75, 3.05) is 6.61 Å². The zero-order chi connectivity index (χ0) is 6.41. The van der Waals surface area contributed by atoms with E-state index in [1.165, 1.54) is 0 Å². The van der Waals surface area contributed by atoms with E-state index in [9.17, 15) is 0 Å². The van der Waals surface area contributed by atoms with E-state index >= 15 is 0 Å². The predicted molar refractivity (Wildman–Crippen MR) is 35.7 cm³/mol. The van der Waals surface area contributed by atoms with E-state index in [1.54, 1.807) is 0 Å². The van der Waals surface area contributed by atoms with Gasteiger partial charge in [0.25, 0.3) is 0 Å². The topological polar surface area (TPSA) is 9.23 Å². The average Bonchev–Trinajstić information content (AvgIpc) is 1.83. The van der Waals surface area contributed by atoms with Gasteiger partial charge in [-0.05, 0) is 19.8 Å². The van der Waals surface area contributed by atoms with Gasteiger partial charge in [0.05, 0.1) is 6.10 Å². The smallest absolute Gasteiger partial charge is 0.0601 e. The second-order valence-electron chi connectivity index (χ2n) is 1.74. The van der Waals surface area contributed by atoms with E-state index in [4.69, 9.17) is 4.74 Å².